The number of aryl methyl sites for hydroxylation is 2. The molecule has 1 aliphatic heterocycles. The number of nitrogens with one attached hydrogen (secondary N) is 1. The highest BCUT2D eigenvalue weighted by Gasteiger charge is 2.36. The fourth-order valence-electron chi connectivity index (χ4n) is 3.59. The van der Waals surface area contributed by atoms with Gasteiger partial charge in [0.15, 0.2) is 0 Å². The number of nitrogens with zero attached hydrogens (tertiary/aromatic N) is 1. The predicted molar refractivity (Wildman–Crippen MR) is 139 cm³/mol. The summed E-state index contributed by atoms with van der Waals surface area (Å²) >= 11 is 6.80. The molecule has 0 spiro atoms. The molecular formula is C27H22ClFN2O4S. The topological polar surface area (TPSA) is 75.7 Å². The van der Waals surface area contributed by atoms with Gasteiger partial charge in [0.25, 0.3) is 11.1 Å². The van der Waals surface area contributed by atoms with Crippen molar-refractivity contribution >= 4 is 52.2 Å². The first-order chi connectivity index (χ1) is 17.2. The Kier molecular flexibility index (Phi) is 7.76. The summed E-state index contributed by atoms with van der Waals surface area (Å²) in [7, 11) is 0. The maximum atomic E-state index is 14.0. The van der Waals surface area contributed by atoms with Crippen molar-refractivity contribution < 1.29 is 23.5 Å². The minimum absolute atomic E-state index is 0.0684. The zero-order valence-electron chi connectivity index (χ0n) is 19.5. The molecule has 1 heterocycles. The second kappa shape index (κ2) is 11.0. The van der Waals surface area contributed by atoms with Crippen molar-refractivity contribution in [1.29, 1.82) is 0 Å². The van der Waals surface area contributed by atoms with E-state index >= 15 is 0 Å². The molecule has 6 nitrogen and oxygen atoms in total. The van der Waals surface area contributed by atoms with Gasteiger partial charge in [-0.15, -0.1) is 0 Å². The maximum absolute atomic E-state index is 14.0. The summed E-state index contributed by atoms with van der Waals surface area (Å²) in [6, 6.07) is 16.8. The largest absolute Gasteiger partial charge is 0.489 e. The first-order valence-corrected chi connectivity index (χ1v) is 12.2. The molecule has 36 heavy (non-hydrogen) atoms. The van der Waals surface area contributed by atoms with Gasteiger partial charge in [-0.3, -0.25) is 19.3 Å². The van der Waals surface area contributed by atoms with Crippen molar-refractivity contribution in [2.75, 3.05) is 11.9 Å². The second-order valence-corrected chi connectivity index (χ2v) is 9.60. The predicted octanol–water partition coefficient (Wildman–Crippen LogP) is 6.35. The van der Waals surface area contributed by atoms with Crippen LogP contribution in [0.25, 0.3) is 6.08 Å². The lowest BCUT2D eigenvalue weighted by Crippen LogP contribution is -2.36. The van der Waals surface area contributed by atoms with Crippen LogP contribution in [0.2, 0.25) is 5.02 Å². The molecule has 0 atom stereocenters. The van der Waals surface area contributed by atoms with E-state index in [2.05, 4.69) is 5.32 Å². The van der Waals surface area contributed by atoms with Gasteiger partial charge in [0, 0.05) is 11.3 Å². The van der Waals surface area contributed by atoms with Gasteiger partial charge >= 0.3 is 0 Å². The molecule has 0 radical (unpaired) electrons. The number of carbonyl (C=O) groups excluding carboxylic acids is 3. The molecule has 1 saturated heterocycles. The summed E-state index contributed by atoms with van der Waals surface area (Å²) in [6.07, 6.45) is 1.55. The van der Waals surface area contributed by atoms with Crippen LogP contribution in [-0.4, -0.2) is 28.5 Å². The molecule has 0 bridgehead atoms. The number of hydrogen-bond donors (Lipinski definition) is 1. The van der Waals surface area contributed by atoms with Crippen LogP contribution in [0.3, 0.4) is 0 Å². The van der Waals surface area contributed by atoms with Crippen LogP contribution >= 0.6 is 23.4 Å². The van der Waals surface area contributed by atoms with Gasteiger partial charge in [-0.1, -0.05) is 47.5 Å². The lowest BCUT2D eigenvalue weighted by molar-refractivity contribution is -0.127. The van der Waals surface area contributed by atoms with Crippen LogP contribution in [0.5, 0.6) is 5.75 Å². The molecule has 4 rings (SSSR count). The summed E-state index contributed by atoms with van der Waals surface area (Å²) < 4.78 is 19.7. The van der Waals surface area contributed by atoms with Gasteiger partial charge < -0.3 is 10.1 Å². The molecule has 9 heteroatoms. The Morgan fingerprint density at radius 3 is 2.64 bits per heavy atom. The summed E-state index contributed by atoms with van der Waals surface area (Å²) in [5.74, 6) is -1.04. The van der Waals surface area contributed by atoms with E-state index in [1.807, 2.05) is 26.0 Å². The minimum Gasteiger partial charge on any atom is -0.489 e. The number of amides is 3. The molecule has 3 aromatic rings. The normalized spacial score (nSPS) is 14.4. The second-order valence-electron chi connectivity index (χ2n) is 8.20. The van der Waals surface area contributed by atoms with E-state index in [0.717, 1.165) is 27.8 Å². The number of ether oxygens (including phenoxy) is 1. The SMILES string of the molecule is Cc1ccc(NC(=O)CN2C(=O)S/C(=C/c3cccc(OCc4c(F)cccc4Cl)c3)C2=O)c(C)c1. The number of imide groups is 1. The van der Waals surface area contributed by atoms with E-state index in [4.69, 9.17) is 16.3 Å². The molecule has 1 N–H and O–H groups in total. The van der Waals surface area contributed by atoms with Gasteiger partial charge in [0.05, 0.1) is 9.93 Å². The molecular weight excluding hydrogens is 503 g/mol. The van der Waals surface area contributed by atoms with E-state index < -0.39 is 22.9 Å². The Morgan fingerprint density at radius 1 is 1.11 bits per heavy atom. The molecule has 184 valence electrons. The zero-order valence-corrected chi connectivity index (χ0v) is 21.1. The fraction of sp³-hybridized carbons (Fsp3) is 0.148. The Balaban J connectivity index is 1.42. The van der Waals surface area contributed by atoms with E-state index in [1.54, 1.807) is 42.5 Å². The highest BCUT2D eigenvalue weighted by atomic mass is 35.5. The number of anilines is 1. The third-order valence-electron chi connectivity index (χ3n) is 5.43. The third kappa shape index (κ3) is 5.95. The highest BCUT2D eigenvalue weighted by Crippen LogP contribution is 2.33. The molecule has 0 aliphatic carbocycles. The number of halogens is 2. The number of rotatable bonds is 7. The zero-order chi connectivity index (χ0) is 25.8. The number of benzene rings is 3. The smallest absolute Gasteiger partial charge is 0.294 e. The van der Waals surface area contributed by atoms with E-state index in [9.17, 15) is 18.8 Å². The Labute approximate surface area is 217 Å². The number of carbonyl (C=O) groups is 3. The van der Waals surface area contributed by atoms with Crippen LogP contribution in [0, 0.1) is 19.7 Å². The number of thioether (sulfide) groups is 1. The average Bonchev–Trinajstić information content (AvgIpc) is 3.08. The standard InChI is InChI=1S/C27H22ClFN2O4S/c1-16-9-10-23(17(2)11-16)30-25(32)14-31-26(33)24(36-27(31)34)13-18-5-3-6-19(12-18)35-15-20-21(28)7-4-8-22(20)29/h3-13H,14-15H2,1-2H3,(H,30,32)/b24-13+. The molecule has 0 saturated carbocycles. The van der Waals surface area contributed by atoms with Crippen LogP contribution in [0.1, 0.15) is 22.3 Å². The van der Waals surface area contributed by atoms with Crippen LogP contribution in [0.15, 0.2) is 65.6 Å². The quantitative estimate of drug-likeness (QED) is 0.364. The maximum Gasteiger partial charge on any atom is 0.294 e. The van der Waals surface area contributed by atoms with Gasteiger partial charge in [-0.2, -0.15) is 0 Å². The first-order valence-electron chi connectivity index (χ1n) is 11.0. The van der Waals surface area contributed by atoms with Gasteiger partial charge in [-0.05, 0) is 73.1 Å². The van der Waals surface area contributed by atoms with Crippen LogP contribution in [0.4, 0.5) is 14.9 Å². The van der Waals surface area contributed by atoms with Gasteiger partial charge in [0.1, 0.15) is 24.7 Å². The summed E-state index contributed by atoms with van der Waals surface area (Å²) in [6.45, 7) is 3.36. The van der Waals surface area contributed by atoms with E-state index in [0.29, 0.717) is 17.0 Å². The van der Waals surface area contributed by atoms with Crippen molar-refractivity contribution in [3.05, 3.63) is 98.7 Å². The lowest BCUT2D eigenvalue weighted by Gasteiger charge is -2.14. The summed E-state index contributed by atoms with van der Waals surface area (Å²) in [5, 5.41) is 2.49. The third-order valence-corrected chi connectivity index (χ3v) is 6.69. The molecule has 3 amide bonds. The van der Waals surface area contributed by atoms with E-state index in [1.165, 1.54) is 12.1 Å². The van der Waals surface area contributed by atoms with Crippen molar-refractivity contribution in [1.82, 2.24) is 4.90 Å². The van der Waals surface area contributed by atoms with Crippen LogP contribution in [-0.2, 0) is 16.2 Å². The molecule has 0 unspecified atom stereocenters. The van der Waals surface area contributed by atoms with Crippen molar-refractivity contribution in [2.45, 2.75) is 20.5 Å². The molecule has 3 aromatic carbocycles. The molecule has 1 aliphatic rings. The Morgan fingerprint density at radius 2 is 1.89 bits per heavy atom. The summed E-state index contributed by atoms with van der Waals surface area (Å²) in [5.41, 5.74) is 3.42. The molecule has 0 aromatic heterocycles. The van der Waals surface area contributed by atoms with Crippen molar-refractivity contribution in [2.24, 2.45) is 0 Å². The van der Waals surface area contributed by atoms with E-state index in [-0.39, 0.29) is 28.6 Å². The van der Waals surface area contributed by atoms with Crippen LogP contribution < -0.4 is 10.1 Å². The van der Waals surface area contributed by atoms with Gasteiger partial charge in [0.2, 0.25) is 5.91 Å². The minimum atomic E-state index is -0.551. The average molecular weight is 525 g/mol. The highest BCUT2D eigenvalue weighted by molar-refractivity contribution is 8.18. The Hall–Kier alpha value is -3.62. The Bertz CT molecular complexity index is 1370. The summed E-state index contributed by atoms with van der Waals surface area (Å²) in [4.78, 5) is 38.9. The van der Waals surface area contributed by atoms with Crippen molar-refractivity contribution in [3.8, 4) is 5.75 Å². The van der Waals surface area contributed by atoms with Gasteiger partial charge in [-0.25, -0.2) is 4.39 Å². The number of hydrogen-bond acceptors (Lipinski definition) is 5. The monoisotopic (exact) mass is 524 g/mol. The van der Waals surface area contributed by atoms with Crippen molar-refractivity contribution in [3.63, 3.8) is 0 Å². The molecule has 1 fully saturated rings. The first kappa shape index (κ1) is 25.5. The fourth-order valence-corrected chi connectivity index (χ4v) is 4.65. The lowest BCUT2D eigenvalue weighted by atomic mass is 10.1.